The fourth-order valence-corrected chi connectivity index (χ4v) is 20.8. The van der Waals surface area contributed by atoms with Crippen LogP contribution < -0.4 is 58.9 Å². The summed E-state index contributed by atoms with van der Waals surface area (Å²) in [7, 11) is 0. The van der Waals surface area contributed by atoms with Gasteiger partial charge in [0, 0.05) is 91.6 Å². The van der Waals surface area contributed by atoms with Crippen molar-refractivity contribution in [1.82, 2.24) is 42.5 Å². The number of amides is 9. The second kappa shape index (κ2) is 50.1. The number of nitrogens with two attached hydrogens (primary N) is 2. The molecule has 40 heteroatoms. The molecule has 0 radical (unpaired) electrons. The molecule has 9 aliphatic rings. The van der Waals surface area contributed by atoms with E-state index >= 15 is 13.6 Å². The van der Waals surface area contributed by atoms with Crippen molar-refractivity contribution in [1.29, 1.82) is 0 Å². The lowest BCUT2D eigenvalue weighted by molar-refractivity contribution is -0.286. The number of nitrogens with zero attached hydrogens (tertiary/aromatic N) is 1. The summed E-state index contributed by atoms with van der Waals surface area (Å²) in [6, 6.07) is 10.0. The number of primary amides is 1. The fourth-order valence-electron chi connectivity index (χ4n) is 20.8. The number of rotatable bonds is 49. The van der Waals surface area contributed by atoms with Crippen LogP contribution in [0.25, 0.3) is 0 Å². The molecular formula is C96H139F2N11O27. The topological polar surface area (TPSA) is 567 Å². The van der Waals surface area contributed by atoms with Crippen molar-refractivity contribution in [2.45, 2.75) is 285 Å². The van der Waals surface area contributed by atoms with Gasteiger partial charge in [0.05, 0.1) is 120 Å². The number of aliphatic hydroxyl groups excluding tert-OH is 8. The Labute approximate surface area is 790 Å². The van der Waals surface area contributed by atoms with E-state index in [-0.39, 0.29) is 173 Å². The first-order valence-corrected chi connectivity index (χ1v) is 47.8. The predicted molar refractivity (Wildman–Crippen MR) is 485 cm³/mol. The monoisotopic (exact) mass is 1920 g/mol. The minimum Gasteiger partial charge on any atom is -0.399 e. The van der Waals surface area contributed by atoms with Crippen molar-refractivity contribution >= 4 is 64.6 Å². The molecular weight excluding hydrogens is 1780 g/mol. The lowest BCUT2D eigenvalue weighted by atomic mass is 9.44. The number of urea groups is 1. The van der Waals surface area contributed by atoms with Crippen molar-refractivity contribution < 1.29 is 140 Å². The van der Waals surface area contributed by atoms with Gasteiger partial charge in [0.25, 0.3) is 0 Å². The van der Waals surface area contributed by atoms with Crippen molar-refractivity contribution in [2.75, 3.05) is 104 Å². The van der Waals surface area contributed by atoms with Crippen LogP contribution in [0.3, 0.4) is 0 Å². The zero-order chi connectivity index (χ0) is 98.2. The normalized spacial score (nSPS) is 31.1. The van der Waals surface area contributed by atoms with Crippen LogP contribution in [0.5, 0.6) is 0 Å². The molecule has 2 aromatic rings. The lowest BCUT2D eigenvalue weighted by Crippen LogP contribution is -2.71. The third-order valence-electron chi connectivity index (χ3n) is 28.0. The number of halogens is 2. The smallest absolute Gasteiger partial charge is 0.312 e. The Bertz CT molecular complexity index is 4600. The first-order chi connectivity index (χ1) is 65.1. The summed E-state index contributed by atoms with van der Waals surface area (Å²) in [5.74, 6) is -2.98. The number of Topliss-reactive ketones (excluding diaryl/α,β-unsaturated/α-hetero) is 1. The minimum atomic E-state index is -2.49. The second-order valence-corrected chi connectivity index (χ2v) is 37.3. The number of hydrogen-bond acceptors (Lipinski definition) is 29. The molecule has 38 nitrogen and oxygen atoms in total. The summed E-state index contributed by atoms with van der Waals surface area (Å²) in [6.45, 7) is 7.89. The van der Waals surface area contributed by atoms with Gasteiger partial charge in [0.1, 0.15) is 55.3 Å². The highest BCUT2D eigenvalue weighted by molar-refractivity contribution is 6.02. The van der Waals surface area contributed by atoms with Crippen LogP contribution in [0.1, 0.15) is 180 Å². The van der Waals surface area contributed by atoms with Gasteiger partial charge in [-0.25, -0.2) is 13.6 Å². The van der Waals surface area contributed by atoms with E-state index in [2.05, 4.69) is 54.4 Å². The van der Waals surface area contributed by atoms with Gasteiger partial charge in [-0.1, -0.05) is 95.2 Å². The molecule has 3 unspecified atom stereocenters. The maximum atomic E-state index is 18.3. The molecule has 11 rings (SSSR count). The van der Waals surface area contributed by atoms with E-state index in [1.807, 2.05) is 55.5 Å². The minimum absolute atomic E-state index is 0.00860. The Kier molecular flexibility index (Phi) is 39.6. The van der Waals surface area contributed by atoms with E-state index in [9.17, 15) is 84.0 Å². The van der Waals surface area contributed by atoms with E-state index in [0.29, 0.717) is 62.9 Å². The molecule has 0 bridgehead atoms. The molecule has 4 aliphatic heterocycles. The number of carbonyl (C=O) groups is 10. The number of fused-ring (bicyclic) bond motifs is 9. The number of ether oxygens (including phenoxy) is 9. The van der Waals surface area contributed by atoms with Crippen LogP contribution in [0, 0.1) is 46.3 Å². The van der Waals surface area contributed by atoms with E-state index < -0.39 is 230 Å². The van der Waals surface area contributed by atoms with Gasteiger partial charge in [-0.15, -0.1) is 0 Å². The van der Waals surface area contributed by atoms with Gasteiger partial charge >= 0.3 is 6.03 Å². The molecule has 0 spiro atoms. The van der Waals surface area contributed by atoms with Crippen LogP contribution in [0.15, 0.2) is 83.7 Å². The molecule has 5 aliphatic carbocycles. The van der Waals surface area contributed by atoms with Crippen molar-refractivity contribution in [3.8, 4) is 11.8 Å². The van der Waals surface area contributed by atoms with Gasteiger partial charge in [-0.05, 0) is 150 Å². The van der Waals surface area contributed by atoms with E-state index in [0.717, 1.165) is 22.8 Å². The summed E-state index contributed by atoms with van der Waals surface area (Å²) in [4.78, 5) is 139. The van der Waals surface area contributed by atoms with Crippen molar-refractivity contribution in [2.24, 2.45) is 46.0 Å². The molecule has 24 atom stereocenters. The maximum Gasteiger partial charge on any atom is 0.312 e. The largest absolute Gasteiger partial charge is 0.399 e. The number of benzene rings is 2. The number of unbranched alkanes of at least 4 members (excludes halogenated alkanes) is 1. The van der Waals surface area contributed by atoms with E-state index in [1.165, 1.54) is 19.1 Å². The van der Waals surface area contributed by atoms with E-state index in [4.69, 9.17) is 54.1 Å². The van der Waals surface area contributed by atoms with Gasteiger partial charge < -0.3 is 142 Å². The fraction of sp³-hybridized carbons (Fsp3) is 0.688. The number of alkyl halides is 2. The Balaban J connectivity index is 0.672. The first-order valence-electron chi connectivity index (χ1n) is 47.8. The Morgan fingerprint density at radius 2 is 1.32 bits per heavy atom. The highest BCUT2D eigenvalue weighted by atomic mass is 19.1. The number of aliphatic hydroxyl groups is 8. The highest BCUT2D eigenvalue weighted by Gasteiger charge is 2.80. The van der Waals surface area contributed by atoms with E-state index in [1.54, 1.807) is 25.7 Å². The Hall–Kier alpha value is -9.10. The maximum absolute atomic E-state index is 18.3. The van der Waals surface area contributed by atoms with Gasteiger partial charge in [0.2, 0.25) is 41.4 Å². The predicted octanol–water partition coefficient (Wildman–Crippen LogP) is 0.813. The molecule has 9 amide bonds. The highest BCUT2D eigenvalue weighted by Crippen LogP contribution is 2.72. The second-order valence-electron chi connectivity index (χ2n) is 37.3. The average molecular weight is 1920 g/mol. The standard InChI is InChI=1S/C96H139F2N11O27/c1-6-17-78-135-73-50-60-61-49-63(97)62-48-59(112)30-34-93(62,4)95(61,98)71(113)51-94(60,5)96(73,136-78)72(114)52-104-88(124)65(23-16-36-103-92(100)127)106-90(126)81(55(2)3)108-89(125)66(105-75(116)33-40-128-42-44-130-46-47-131-45-43-129-41-37-102-74(115)28-29-77(118)109-53-58-20-11-10-18-56(58)26-27-57-19-12-13-24-67(57)109)22-14-15-35-101-76(117)54-132-69-25-9-7-8-21-64(80(69)99)107-91-86(123)83(120)79(68(134-91)31-38-110)87-85(122)84(121)82(119)70(133-87)32-39-111/h10-13,18-20,24,30,34,48,55,60-61,63,65-66,68-71,73,78-79,81-87,91,107,110-111,113,119-123H,6-9,14-17,21-23,25,28-29,31-33,35-47,49-54,99H2,1-5H3,(H,101,117)(H,102,115)(H,104,124)(H,105,116)(H,106,126)(H,108,125)(H3,100,103,127)/b80-64-/t60-,61-,63-,65-,66+,68+,69?,70+,71-,73+,78?,79?,81-,82+,83-,84-,85+,86+,87+,91-,93-,94-,95-,96+/m0/s1. The van der Waals surface area contributed by atoms with Crippen LogP contribution in [-0.2, 0) is 92.3 Å². The number of anilines is 1. The number of carbonyl (C=O) groups excluding carboxylic acids is 10. The molecule has 754 valence electrons. The third kappa shape index (κ3) is 25.7. The zero-order valence-electron chi connectivity index (χ0n) is 78.1. The summed E-state index contributed by atoms with van der Waals surface area (Å²) in [6.07, 6.45) is -13.6. The van der Waals surface area contributed by atoms with Gasteiger partial charge in [-0.2, -0.15) is 0 Å². The molecule has 6 fully saturated rings. The SMILES string of the molecule is CCCC1O[C@@H]2C[C@H]3[C@@H]4C[C@H](F)C5=CC(=O)C=C[C@]5(C)[C@@]4(F)[C@@H](O)C[C@]3(C)[C@]2(C(=O)CNC(=O)[C@H](CCCNC(N)=O)NC(=O)[C@@H](NC(=O)[C@@H](CCCCNC(=O)COC2CCCCC/C(N[C@H]3O[C@H](CCO)C([C@H]4O[C@H](CCO)[C@@H](O)[C@H](O)[C@H]4O)[C@H](O)[C@H]3O)=C\2N)NC(=O)CCOCCOCCOCCOCCNC(=O)CCC(=O)N2Cc3ccccc3C#Cc3ccccc32)C(C)C)O1. The van der Waals surface area contributed by atoms with Gasteiger partial charge in [-0.3, -0.25) is 43.2 Å². The summed E-state index contributed by atoms with van der Waals surface area (Å²) in [5.41, 5.74) is 8.28. The van der Waals surface area contributed by atoms with Crippen LogP contribution >= 0.6 is 0 Å². The molecule has 3 saturated heterocycles. The molecule has 2 aromatic carbocycles. The summed E-state index contributed by atoms with van der Waals surface area (Å²) < 4.78 is 89.0. The first kappa shape index (κ1) is 107. The van der Waals surface area contributed by atoms with Crippen molar-refractivity contribution in [3.63, 3.8) is 0 Å². The van der Waals surface area contributed by atoms with Crippen LogP contribution in [0.4, 0.5) is 19.3 Å². The number of hydrogen-bond donors (Lipinski definition) is 18. The Morgan fingerprint density at radius 1 is 0.654 bits per heavy atom. The van der Waals surface area contributed by atoms with Crippen LogP contribution in [0.2, 0.25) is 0 Å². The lowest BCUT2D eigenvalue weighted by Gasteiger charge is -2.63. The quantitative estimate of drug-likeness (QED) is 0.0322. The molecule has 0 aromatic heterocycles. The Morgan fingerprint density at radius 3 is 2.03 bits per heavy atom. The zero-order valence-corrected chi connectivity index (χ0v) is 78.1. The molecule has 20 N–H and O–H groups in total. The number of ketones is 2. The van der Waals surface area contributed by atoms with Crippen molar-refractivity contribution in [3.05, 3.63) is 100 Å². The third-order valence-corrected chi connectivity index (χ3v) is 28.0. The summed E-state index contributed by atoms with van der Waals surface area (Å²) in [5, 5.41) is 110. The number of para-hydroxylation sites is 1. The molecule has 4 heterocycles. The van der Waals surface area contributed by atoms with Crippen LogP contribution in [-0.4, -0.2) is 314 Å². The van der Waals surface area contributed by atoms with Gasteiger partial charge in [0.15, 0.2) is 35.4 Å². The molecule has 3 saturated carbocycles. The average Bonchev–Trinajstić information content (AvgIpc) is 1.47. The summed E-state index contributed by atoms with van der Waals surface area (Å²) >= 11 is 0. The number of nitrogens with one attached hydrogen (secondary N) is 8. The number of allylic oxidation sites excluding steroid dienone is 5. The molecule has 136 heavy (non-hydrogen) atoms.